The van der Waals surface area contributed by atoms with Crippen molar-refractivity contribution >= 4 is 0 Å². The molecule has 1 N–H and O–H groups in total. The van der Waals surface area contributed by atoms with Crippen molar-refractivity contribution in [2.75, 3.05) is 33.4 Å². The van der Waals surface area contributed by atoms with E-state index in [0.29, 0.717) is 11.8 Å². The number of aliphatic hydroxyl groups excluding tert-OH is 1. The zero-order chi connectivity index (χ0) is 12.5. The first-order chi connectivity index (χ1) is 8.03. The summed E-state index contributed by atoms with van der Waals surface area (Å²) in [4.78, 5) is 2.51. The van der Waals surface area contributed by atoms with Crippen LogP contribution in [0.4, 0.5) is 0 Å². The molecule has 0 bridgehead atoms. The maximum Gasteiger partial charge on any atom is 0.0631 e. The van der Waals surface area contributed by atoms with E-state index in [9.17, 15) is 5.11 Å². The van der Waals surface area contributed by atoms with Crippen molar-refractivity contribution in [1.29, 1.82) is 0 Å². The summed E-state index contributed by atoms with van der Waals surface area (Å²) in [5.41, 5.74) is 0.121. The molecule has 2 fully saturated rings. The van der Waals surface area contributed by atoms with E-state index in [0.717, 1.165) is 26.1 Å². The maximum atomic E-state index is 10.3. The number of aliphatic hydroxyl groups is 1. The van der Waals surface area contributed by atoms with Gasteiger partial charge in [0.1, 0.15) is 0 Å². The lowest BCUT2D eigenvalue weighted by Crippen LogP contribution is -2.35. The highest BCUT2D eigenvalue weighted by atomic mass is 16.5. The third-order valence-corrected chi connectivity index (χ3v) is 4.67. The van der Waals surface area contributed by atoms with Gasteiger partial charge in [0.25, 0.3) is 0 Å². The molecular weight excluding hydrogens is 214 g/mol. The molecule has 0 spiro atoms. The van der Waals surface area contributed by atoms with Crippen LogP contribution in [0, 0.1) is 17.3 Å². The van der Waals surface area contributed by atoms with Crippen LogP contribution in [0.25, 0.3) is 0 Å². The topological polar surface area (TPSA) is 32.7 Å². The lowest BCUT2D eigenvalue weighted by atomic mass is 9.87. The van der Waals surface area contributed by atoms with Gasteiger partial charge >= 0.3 is 0 Å². The van der Waals surface area contributed by atoms with Crippen molar-refractivity contribution in [3.8, 4) is 0 Å². The normalized spacial score (nSPS) is 37.8. The average Bonchev–Trinajstić information content (AvgIpc) is 2.80. The highest BCUT2D eigenvalue weighted by Crippen LogP contribution is 2.41. The lowest BCUT2D eigenvalue weighted by Gasteiger charge is -2.28. The second-order valence-electron chi connectivity index (χ2n) is 6.60. The van der Waals surface area contributed by atoms with Crippen LogP contribution >= 0.6 is 0 Å². The highest BCUT2D eigenvalue weighted by molar-refractivity contribution is 4.93. The Morgan fingerprint density at radius 3 is 2.71 bits per heavy atom. The van der Waals surface area contributed by atoms with E-state index in [1.54, 1.807) is 7.11 Å². The Balaban J connectivity index is 1.79. The summed E-state index contributed by atoms with van der Waals surface area (Å²) in [6, 6.07) is 0. The fraction of sp³-hybridized carbons (Fsp3) is 1.00. The van der Waals surface area contributed by atoms with Crippen molar-refractivity contribution < 1.29 is 9.84 Å². The highest BCUT2D eigenvalue weighted by Gasteiger charge is 2.41. The molecule has 1 aliphatic carbocycles. The number of nitrogens with zero attached hydrogens (tertiary/aromatic N) is 1. The molecule has 1 aliphatic heterocycles. The summed E-state index contributed by atoms with van der Waals surface area (Å²) < 4.78 is 5.22. The number of likely N-dealkylation sites (tertiary alicyclic amines) is 1. The third kappa shape index (κ3) is 3.01. The van der Waals surface area contributed by atoms with Gasteiger partial charge < -0.3 is 14.7 Å². The summed E-state index contributed by atoms with van der Waals surface area (Å²) >= 11 is 0. The van der Waals surface area contributed by atoms with E-state index < -0.39 is 0 Å². The zero-order valence-electron chi connectivity index (χ0n) is 11.5. The van der Waals surface area contributed by atoms with Crippen LogP contribution in [0.5, 0.6) is 0 Å². The molecule has 1 saturated carbocycles. The Morgan fingerprint density at radius 2 is 2.12 bits per heavy atom. The second kappa shape index (κ2) is 5.25. The van der Waals surface area contributed by atoms with Gasteiger partial charge in [-0.15, -0.1) is 0 Å². The van der Waals surface area contributed by atoms with Gasteiger partial charge in [0.15, 0.2) is 0 Å². The molecule has 3 nitrogen and oxygen atoms in total. The molecule has 1 heterocycles. The van der Waals surface area contributed by atoms with Gasteiger partial charge in [0.05, 0.1) is 12.7 Å². The first-order valence-corrected chi connectivity index (χ1v) is 6.92. The minimum atomic E-state index is -0.121. The molecule has 1 saturated heterocycles. The van der Waals surface area contributed by atoms with Crippen LogP contribution in [0.3, 0.4) is 0 Å². The smallest absolute Gasteiger partial charge is 0.0631 e. The first kappa shape index (κ1) is 13.3. The molecular formula is C14H27NO2. The summed E-state index contributed by atoms with van der Waals surface area (Å²) in [5, 5.41) is 10.3. The van der Waals surface area contributed by atoms with Crippen molar-refractivity contribution in [3.63, 3.8) is 0 Å². The number of methoxy groups -OCH3 is 1. The zero-order valence-corrected chi connectivity index (χ0v) is 11.5. The summed E-state index contributed by atoms with van der Waals surface area (Å²) in [6.07, 6.45) is 3.47. The van der Waals surface area contributed by atoms with Gasteiger partial charge in [-0.2, -0.15) is 0 Å². The van der Waals surface area contributed by atoms with E-state index in [2.05, 4.69) is 18.7 Å². The largest absolute Gasteiger partial charge is 0.392 e. The second-order valence-corrected chi connectivity index (χ2v) is 6.60. The van der Waals surface area contributed by atoms with Gasteiger partial charge in [-0.1, -0.05) is 13.8 Å². The average molecular weight is 241 g/mol. The molecule has 2 aliphatic rings. The third-order valence-electron chi connectivity index (χ3n) is 4.67. The number of rotatable bonds is 4. The van der Waals surface area contributed by atoms with E-state index in [-0.39, 0.29) is 11.5 Å². The molecule has 3 unspecified atom stereocenters. The van der Waals surface area contributed by atoms with Crippen molar-refractivity contribution in [3.05, 3.63) is 0 Å². The monoisotopic (exact) mass is 241 g/mol. The van der Waals surface area contributed by atoms with E-state index in [4.69, 9.17) is 4.74 Å². The Morgan fingerprint density at radius 1 is 1.35 bits per heavy atom. The van der Waals surface area contributed by atoms with Crippen LogP contribution in [0.2, 0.25) is 0 Å². The molecule has 0 aromatic heterocycles. The van der Waals surface area contributed by atoms with Crippen LogP contribution in [0.1, 0.15) is 33.1 Å². The molecule has 3 heteroatoms. The van der Waals surface area contributed by atoms with Gasteiger partial charge in [-0.05, 0) is 43.1 Å². The summed E-state index contributed by atoms with van der Waals surface area (Å²) in [7, 11) is 1.78. The summed E-state index contributed by atoms with van der Waals surface area (Å²) in [6.45, 7) is 8.67. The molecule has 0 amide bonds. The van der Waals surface area contributed by atoms with E-state index >= 15 is 0 Å². The minimum absolute atomic E-state index is 0.121. The Bertz CT molecular complexity index is 255. The number of ether oxygens (including phenoxy) is 1. The maximum absolute atomic E-state index is 10.3. The molecule has 0 aromatic carbocycles. The quantitative estimate of drug-likeness (QED) is 0.814. The minimum Gasteiger partial charge on any atom is -0.392 e. The van der Waals surface area contributed by atoms with Crippen molar-refractivity contribution in [1.82, 2.24) is 4.90 Å². The van der Waals surface area contributed by atoms with Crippen LogP contribution in [-0.2, 0) is 4.74 Å². The Kier molecular flexibility index (Phi) is 4.11. The van der Waals surface area contributed by atoms with E-state index in [1.807, 2.05) is 0 Å². The summed E-state index contributed by atoms with van der Waals surface area (Å²) in [5.74, 6) is 1.18. The van der Waals surface area contributed by atoms with Crippen LogP contribution < -0.4 is 0 Å². The molecule has 0 radical (unpaired) electrons. The Labute approximate surface area is 105 Å². The number of hydrogen-bond acceptors (Lipinski definition) is 3. The molecule has 3 atom stereocenters. The van der Waals surface area contributed by atoms with Gasteiger partial charge in [-0.25, -0.2) is 0 Å². The predicted molar refractivity (Wildman–Crippen MR) is 68.9 cm³/mol. The predicted octanol–water partition coefficient (Wildman–Crippen LogP) is 1.75. The van der Waals surface area contributed by atoms with Crippen LogP contribution in [0.15, 0.2) is 0 Å². The van der Waals surface area contributed by atoms with Gasteiger partial charge in [0, 0.05) is 20.2 Å². The van der Waals surface area contributed by atoms with E-state index in [1.165, 1.54) is 19.4 Å². The van der Waals surface area contributed by atoms with Crippen LogP contribution in [-0.4, -0.2) is 49.5 Å². The molecule has 2 rings (SSSR count). The fourth-order valence-electron chi connectivity index (χ4n) is 3.47. The first-order valence-electron chi connectivity index (χ1n) is 6.92. The Hall–Kier alpha value is -0.120. The standard InChI is InChI=1S/C14H27NO2/c1-14(2)6-4-12(13(14)16)9-15-7-5-11(8-15)10-17-3/h11-13,16H,4-10H2,1-3H3. The SMILES string of the molecule is COCC1CCN(CC2CCC(C)(C)C2O)C1. The lowest BCUT2D eigenvalue weighted by molar-refractivity contribution is 0.0344. The molecule has 17 heavy (non-hydrogen) atoms. The van der Waals surface area contributed by atoms with Gasteiger partial charge in [0.2, 0.25) is 0 Å². The molecule has 0 aromatic rings. The van der Waals surface area contributed by atoms with Crippen molar-refractivity contribution in [2.45, 2.75) is 39.2 Å². The fourth-order valence-corrected chi connectivity index (χ4v) is 3.47. The van der Waals surface area contributed by atoms with Gasteiger partial charge in [-0.3, -0.25) is 0 Å². The molecule has 100 valence electrons. The number of hydrogen-bond donors (Lipinski definition) is 1. The van der Waals surface area contributed by atoms with Crippen molar-refractivity contribution in [2.24, 2.45) is 17.3 Å².